The van der Waals surface area contributed by atoms with E-state index in [1.54, 1.807) is 0 Å². The minimum atomic E-state index is -0.333. The fraction of sp³-hybridized carbons (Fsp3) is 0.364. The molecule has 0 heterocycles. The van der Waals surface area contributed by atoms with Gasteiger partial charge in [-0.1, -0.05) is 93.8 Å². The standard InChI is InChI=1S/C33H38O2/c1-3-5-6-26-7-9-27(10-8-26)11-12-28-13-17-29(18-14-28)30-19-21-31(22-20-30)33(34)35-32-23-15-25(4-2)16-24-32/h11-24,26-27H,3-10H2,1-2H3. The summed E-state index contributed by atoms with van der Waals surface area (Å²) in [5.74, 6) is 1.93. The quantitative estimate of drug-likeness (QED) is 0.232. The number of benzene rings is 3. The second kappa shape index (κ2) is 12.5. The van der Waals surface area contributed by atoms with Crippen molar-refractivity contribution < 1.29 is 9.53 Å². The normalized spacial score (nSPS) is 18.0. The van der Waals surface area contributed by atoms with Crippen molar-refractivity contribution in [2.24, 2.45) is 11.8 Å². The molecular formula is C33H38O2. The van der Waals surface area contributed by atoms with Gasteiger partial charge in [0, 0.05) is 0 Å². The lowest BCUT2D eigenvalue weighted by Gasteiger charge is -2.26. The van der Waals surface area contributed by atoms with E-state index < -0.39 is 0 Å². The summed E-state index contributed by atoms with van der Waals surface area (Å²) >= 11 is 0. The van der Waals surface area contributed by atoms with Crippen LogP contribution in [-0.2, 0) is 6.42 Å². The van der Waals surface area contributed by atoms with Gasteiger partial charge < -0.3 is 4.74 Å². The summed E-state index contributed by atoms with van der Waals surface area (Å²) in [5, 5.41) is 0. The summed E-state index contributed by atoms with van der Waals surface area (Å²) in [6.07, 6.45) is 15.2. The maximum atomic E-state index is 12.5. The fourth-order valence-corrected chi connectivity index (χ4v) is 4.95. The average molecular weight is 467 g/mol. The Kier molecular flexibility index (Phi) is 8.95. The van der Waals surface area contributed by atoms with Gasteiger partial charge in [-0.2, -0.15) is 0 Å². The molecule has 182 valence electrons. The van der Waals surface area contributed by atoms with Crippen LogP contribution in [-0.4, -0.2) is 5.97 Å². The van der Waals surface area contributed by atoms with Crippen LogP contribution in [0.1, 0.15) is 80.3 Å². The third kappa shape index (κ3) is 7.18. The second-order valence-corrected chi connectivity index (χ2v) is 9.87. The van der Waals surface area contributed by atoms with Crippen molar-refractivity contribution in [3.05, 3.63) is 95.6 Å². The fourth-order valence-electron chi connectivity index (χ4n) is 4.95. The lowest BCUT2D eigenvalue weighted by Crippen LogP contribution is -2.12. The zero-order chi connectivity index (χ0) is 24.5. The molecule has 0 saturated heterocycles. The summed E-state index contributed by atoms with van der Waals surface area (Å²) in [6, 6.07) is 24.0. The topological polar surface area (TPSA) is 26.3 Å². The highest BCUT2D eigenvalue weighted by Gasteiger charge is 2.18. The number of carbonyl (C=O) groups is 1. The van der Waals surface area contributed by atoms with Crippen LogP contribution in [0, 0.1) is 11.8 Å². The first-order valence-corrected chi connectivity index (χ1v) is 13.3. The molecule has 0 spiro atoms. The molecule has 35 heavy (non-hydrogen) atoms. The smallest absolute Gasteiger partial charge is 0.343 e. The summed E-state index contributed by atoms with van der Waals surface area (Å²) in [7, 11) is 0. The minimum absolute atomic E-state index is 0.333. The molecule has 0 N–H and O–H groups in total. The number of rotatable bonds is 9. The molecule has 0 bridgehead atoms. The molecular weight excluding hydrogens is 428 g/mol. The molecule has 0 unspecified atom stereocenters. The monoisotopic (exact) mass is 466 g/mol. The Balaban J connectivity index is 1.30. The summed E-state index contributed by atoms with van der Waals surface area (Å²) in [6.45, 7) is 4.40. The second-order valence-electron chi connectivity index (χ2n) is 9.87. The van der Waals surface area contributed by atoms with Crippen LogP contribution < -0.4 is 4.74 Å². The maximum Gasteiger partial charge on any atom is 0.343 e. The number of ether oxygens (including phenoxy) is 1. The van der Waals surface area contributed by atoms with Gasteiger partial charge in [0.25, 0.3) is 0 Å². The Morgan fingerprint density at radius 2 is 1.46 bits per heavy atom. The molecule has 1 aliphatic carbocycles. The van der Waals surface area contributed by atoms with Crippen LogP contribution in [0.3, 0.4) is 0 Å². The molecule has 4 rings (SSSR count). The van der Waals surface area contributed by atoms with E-state index >= 15 is 0 Å². The Morgan fingerprint density at radius 1 is 0.829 bits per heavy atom. The number of unbranched alkanes of at least 4 members (excludes halogenated alkanes) is 1. The summed E-state index contributed by atoms with van der Waals surface area (Å²) < 4.78 is 5.51. The van der Waals surface area contributed by atoms with Gasteiger partial charge in [-0.05, 0) is 90.5 Å². The van der Waals surface area contributed by atoms with Crippen molar-refractivity contribution >= 4 is 12.0 Å². The van der Waals surface area contributed by atoms with Crippen molar-refractivity contribution in [2.75, 3.05) is 0 Å². The van der Waals surface area contributed by atoms with E-state index in [2.05, 4.69) is 50.3 Å². The zero-order valence-electron chi connectivity index (χ0n) is 21.2. The van der Waals surface area contributed by atoms with E-state index in [4.69, 9.17) is 4.74 Å². The summed E-state index contributed by atoms with van der Waals surface area (Å²) in [4.78, 5) is 12.5. The van der Waals surface area contributed by atoms with Crippen LogP contribution in [0.15, 0.2) is 78.9 Å². The van der Waals surface area contributed by atoms with E-state index in [9.17, 15) is 4.79 Å². The van der Waals surface area contributed by atoms with Crippen LogP contribution in [0.5, 0.6) is 5.75 Å². The van der Waals surface area contributed by atoms with Crippen LogP contribution >= 0.6 is 0 Å². The molecule has 0 aliphatic heterocycles. The molecule has 0 aromatic heterocycles. The van der Waals surface area contributed by atoms with E-state index in [1.807, 2.05) is 48.5 Å². The minimum Gasteiger partial charge on any atom is -0.423 e. The SMILES string of the molecule is CCCCC1CCC(C=Cc2ccc(-c3ccc(C(=O)Oc4ccc(CC)cc4)cc3)cc2)CC1. The van der Waals surface area contributed by atoms with Crippen molar-refractivity contribution in [1.82, 2.24) is 0 Å². The zero-order valence-corrected chi connectivity index (χ0v) is 21.2. The average Bonchev–Trinajstić information content (AvgIpc) is 2.92. The third-order valence-corrected chi connectivity index (χ3v) is 7.32. The highest BCUT2D eigenvalue weighted by molar-refractivity contribution is 5.91. The van der Waals surface area contributed by atoms with Gasteiger partial charge in [-0.3, -0.25) is 0 Å². The largest absolute Gasteiger partial charge is 0.423 e. The lowest BCUT2D eigenvalue weighted by atomic mass is 9.79. The molecule has 2 heteroatoms. The van der Waals surface area contributed by atoms with Crippen LogP contribution in [0.2, 0.25) is 0 Å². The molecule has 1 aliphatic rings. The van der Waals surface area contributed by atoms with E-state index in [1.165, 1.54) is 56.1 Å². The molecule has 1 fully saturated rings. The molecule has 3 aromatic rings. The van der Waals surface area contributed by atoms with E-state index in [0.29, 0.717) is 11.3 Å². The molecule has 1 saturated carbocycles. The maximum absolute atomic E-state index is 12.5. The third-order valence-electron chi connectivity index (χ3n) is 7.32. The van der Waals surface area contributed by atoms with Gasteiger partial charge >= 0.3 is 5.97 Å². The van der Waals surface area contributed by atoms with Crippen molar-refractivity contribution in [2.45, 2.75) is 65.2 Å². The number of carbonyl (C=O) groups excluding carboxylic acids is 1. The van der Waals surface area contributed by atoms with Gasteiger partial charge in [0.15, 0.2) is 0 Å². The lowest BCUT2D eigenvalue weighted by molar-refractivity contribution is 0.0734. The first-order chi connectivity index (χ1) is 17.1. The highest BCUT2D eigenvalue weighted by Crippen LogP contribution is 2.33. The van der Waals surface area contributed by atoms with Gasteiger partial charge in [-0.25, -0.2) is 4.79 Å². The van der Waals surface area contributed by atoms with Gasteiger partial charge in [-0.15, -0.1) is 0 Å². The van der Waals surface area contributed by atoms with Crippen molar-refractivity contribution in [1.29, 1.82) is 0 Å². The van der Waals surface area contributed by atoms with E-state index in [0.717, 1.165) is 29.4 Å². The molecule has 0 amide bonds. The molecule has 0 atom stereocenters. The number of hydrogen-bond donors (Lipinski definition) is 0. The Morgan fingerprint density at radius 3 is 2.06 bits per heavy atom. The predicted octanol–water partition coefficient (Wildman–Crippen LogP) is 9.15. The molecule has 3 aromatic carbocycles. The van der Waals surface area contributed by atoms with Crippen LogP contribution in [0.4, 0.5) is 0 Å². The number of aryl methyl sites for hydroxylation is 1. The number of allylic oxidation sites excluding steroid dienone is 1. The van der Waals surface area contributed by atoms with Crippen molar-refractivity contribution in [3.63, 3.8) is 0 Å². The Hall–Kier alpha value is -3.13. The Labute approximate surface area is 211 Å². The summed E-state index contributed by atoms with van der Waals surface area (Å²) in [5.41, 5.74) is 5.26. The van der Waals surface area contributed by atoms with Gasteiger partial charge in [0.2, 0.25) is 0 Å². The first-order valence-electron chi connectivity index (χ1n) is 13.3. The van der Waals surface area contributed by atoms with Gasteiger partial charge in [0.05, 0.1) is 5.56 Å². The van der Waals surface area contributed by atoms with Crippen LogP contribution in [0.25, 0.3) is 17.2 Å². The first kappa shape index (κ1) is 25.0. The highest BCUT2D eigenvalue weighted by atomic mass is 16.5. The predicted molar refractivity (Wildman–Crippen MR) is 147 cm³/mol. The van der Waals surface area contributed by atoms with Gasteiger partial charge in [0.1, 0.15) is 5.75 Å². The van der Waals surface area contributed by atoms with Crippen molar-refractivity contribution in [3.8, 4) is 16.9 Å². The number of esters is 1. The number of hydrogen-bond acceptors (Lipinski definition) is 2. The Bertz CT molecular complexity index is 1080. The molecule has 2 nitrogen and oxygen atoms in total. The molecule has 0 radical (unpaired) electrons. The van der Waals surface area contributed by atoms with E-state index in [-0.39, 0.29) is 5.97 Å².